The molecule has 4 heteroatoms. The van der Waals surface area contributed by atoms with E-state index in [1.165, 1.54) is 11.1 Å². The smallest absolute Gasteiger partial charge is 0.122 e. The summed E-state index contributed by atoms with van der Waals surface area (Å²) in [6, 6.07) is 16.1. The molecule has 1 heterocycles. The van der Waals surface area contributed by atoms with Crippen molar-refractivity contribution in [1.82, 2.24) is 5.43 Å². The molecule has 2 unspecified atom stereocenters. The third kappa shape index (κ3) is 2.66. The minimum absolute atomic E-state index is 0.122. The van der Waals surface area contributed by atoms with E-state index in [0.717, 1.165) is 17.2 Å². The molecule has 0 radical (unpaired) electrons. The number of nitrogens with two attached hydrogens (primary N) is 1. The van der Waals surface area contributed by atoms with Crippen molar-refractivity contribution in [3.63, 3.8) is 0 Å². The van der Waals surface area contributed by atoms with Gasteiger partial charge in [-0.1, -0.05) is 41.9 Å². The zero-order valence-electron chi connectivity index (χ0n) is 11.1. The van der Waals surface area contributed by atoms with Gasteiger partial charge in [-0.25, -0.2) is 0 Å². The summed E-state index contributed by atoms with van der Waals surface area (Å²) in [5, 5.41) is 0.751. The molecule has 0 aromatic heterocycles. The van der Waals surface area contributed by atoms with Gasteiger partial charge in [0.05, 0.1) is 6.61 Å². The molecule has 104 valence electrons. The lowest BCUT2D eigenvalue weighted by atomic mass is 9.89. The number of benzene rings is 2. The van der Waals surface area contributed by atoms with E-state index in [2.05, 4.69) is 17.6 Å². The van der Waals surface area contributed by atoms with Crippen molar-refractivity contribution in [3.8, 4) is 5.75 Å². The average Bonchev–Trinajstić information content (AvgIpc) is 2.89. The van der Waals surface area contributed by atoms with E-state index in [0.29, 0.717) is 6.61 Å². The molecular weight excluding hydrogens is 272 g/mol. The highest BCUT2D eigenvalue weighted by Gasteiger charge is 2.30. The highest BCUT2D eigenvalue weighted by Crippen LogP contribution is 2.36. The molecule has 0 aliphatic carbocycles. The van der Waals surface area contributed by atoms with Crippen LogP contribution >= 0.6 is 11.6 Å². The minimum Gasteiger partial charge on any atom is -0.493 e. The number of halogens is 1. The first-order valence-corrected chi connectivity index (χ1v) is 7.08. The van der Waals surface area contributed by atoms with E-state index < -0.39 is 0 Å². The van der Waals surface area contributed by atoms with Gasteiger partial charge in [0.15, 0.2) is 0 Å². The number of hydrogen-bond donors (Lipinski definition) is 2. The Hall–Kier alpha value is -1.55. The van der Waals surface area contributed by atoms with Crippen molar-refractivity contribution in [2.45, 2.75) is 18.4 Å². The summed E-state index contributed by atoms with van der Waals surface area (Å²) in [6.07, 6.45) is 0.819. The molecule has 0 bridgehead atoms. The summed E-state index contributed by atoms with van der Waals surface area (Å²) in [5.41, 5.74) is 5.32. The highest BCUT2D eigenvalue weighted by molar-refractivity contribution is 6.30. The number of fused-ring (bicyclic) bond motifs is 1. The first-order valence-electron chi connectivity index (χ1n) is 6.70. The maximum absolute atomic E-state index is 6.04. The Bertz CT molecular complexity index is 603. The Kier molecular flexibility index (Phi) is 3.92. The van der Waals surface area contributed by atoms with Crippen molar-refractivity contribution in [3.05, 3.63) is 64.7 Å². The Morgan fingerprint density at radius 1 is 1.25 bits per heavy atom. The van der Waals surface area contributed by atoms with Crippen molar-refractivity contribution in [1.29, 1.82) is 0 Å². The predicted molar refractivity (Wildman–Crippen MR) is 80.9 cm³/mol. The number of para-hydroxylation sites is 1. The predicted octanol–water partition coefficient (Wildman–Crippen LogP) is 2.89. The van der Waals surface area contributed by atoms with Crippen molar-refractivity contribution >= 4 is 11.6 Å². The lowest BCUT2D eigenvalue weighted by Gasteiger charge is -2.22. The van der Waals surface area contributed by atoms with Gasteiger partial charge in [0.25, 0.3) is 0 Å². The second-order valence-corrected chi connectivity index (χ2v) is 5.50. The summed E-state index contributed by atoms with van der Waals surface area (Å²) in [7, 11) is 0. The van der Waals surface area contributed by atoms with E-state index in [-0.39, 0.29) is 12.0 Å². The molecule has 20 heavy (non-hydrogen) atoms. The third-order valence-corrected chi connectivity index (χ3v) is 4.02. The van der Waals surface area contributed by atoms with Crippen LogP contribution < -0.4 is 16.0 Å². The summed E-state index contributed by atoms with van der Waals surface area (Å²) in [4.78, 5) is 0. The number of rotatable bonds is 4. The van der Waals surface area contributed by atoms with E-state index in [1.54, 1.807) is 0 Å². The Morgan fingerprint density at radius 2 is 2.10 bits per heavy atom. The van der Waals surface area contributed by atoms with Gasteiger partial charge in [0.2, 0.25) is 0 Å². The Balaban J connectivity index is 1.81. The SMILES string of the molecule is NNC(Cc1cccc(Cl)c1)C1COc2ccccc21. The molecule has 3 rings (SSSR count). The average molecular weight is 289 g/mol. The molecule has 0 spiro atoms. The van der Waals surface area contributed by atoms with Gasteiger partial charge in [0.1, 0.15) is 5.75 Å². The van der Waals surface area contributed by atoms with Crippen molar-refractivity contribution in [2.75, 3.05) is 6.61 Å². The molecule has 0 fully saturated rings. The zero-order valence-corrected chi connectivity index (χ0v) is 11.8. The fraction of sp³-hybridized carbons (Fsp3) is 0.250. The monoisotopic (exact) mass is 288 g/mol. The van der Waals surface area contributed by atoms with Gasteiger partial charge in [-0.2, -0.15) is 0 Å². The van der Waals surface area contributed by atoms with Crippen LogP contribution in [0.3, 0.4) is 0 Å². The Morgan fingerprint density at radius 3 is 2.90 bits per heavy atom. The fourth-order valence-electron chi connectivity index (χ4n) is 2.76. The van der Waals surface area contributed by atoms with Crippen LogP contribution in [0.15, 0.2) is 48.5 Å². The van der Waals surface area contributed by atoms with Crippen LogP contribution in [-0.4, -0.2) is 12.6 Å². The topological polar surface area (TPSA) is 47.3 Å². The molecular formula is C16H17ClN2O. The first-order chi connectivity index (χ1) is 9.78. The molecule has 2 atom stereocenters. The first kappa shape index (κ1) is 13.4. The van der Waals surface area contributed by atoms with Crippen LogP contribution in [-0.2, 0) is 6.42 Å². The molecule has 0 saturated carbocycles. The number of hydrogen-bond acceptors (Lipinski definition) is 3. The lowest BCUT2D eigenvalue weighted by molar-refractivity contribution is 0.297. The summed E-state index contributed by atoms with van der Waals surface area (Å²) < 4.78 is 5.73. The van der Waals surface area contributed by atoms with Gasteiger partial charge >= 0.3 is 0 Å². The molecule has 1 aliphatic heterocycles. The van der Waals surface area contributed by atoms with Crippen LogP contribution in [0.4, 0.5) is 0 Å². The largest absolute Gasteiger partial charge is 0.493 e. The maximum Gasteiger partial charge on any atom is 0.122 e. The molecule has 0 saturated heterocycles. The van der Waals surface area contributed by atoms with Crippen LogP contribution in [0.25, 0.3) is 0 Å². The van der Waals surface area contributed by atoms with E-state index in [9.17, 15) is 0 Å². The molecule has 2 aromatic rings. The minimum atomic E-state index is 0.122. The van der Waals surface area contributed by atoms with Crippen LogP contribution in [0, 0.1) is 0 Å². The van der Waals surface area contributed by atoms with Gasteiger partial charge in [-0.15, -0.1) is 0 Å². The van der Waals surface area contributed by atoms with Gasteiger partial charge in [0, 0.05) is 22.5 Å². The molecule has 1 aliphatic rings. The summed E-state index contributed by atoms with van der Waals surface area (Å²) in [6.45, 7) is 0.661. The van der Waals surface area contributed by atoms with Crippen LogP contribution in [0.1, 0.15) is 17.0 Å². The number of hydrazine groups is 1. The normalized spacial score (nSPS) is 18.4. The maximum atomic E-state index is 6.04. The van der Waals surface area contributed by atoms with E-state index in [1.807, 2.05) is 36.4 Å². The molecule has 3 nitrogen and oxygen atoms in total. The zero-order chi connectivity index (χ0) is 13.9. The van der Waals surface area contributed by atoms with E-state index >= 15 is 0 Å². The number of ether oxygens (including phenoxy) is 1. The molecule has 3 N–H and O–H groups in total. The van der Waals surface area contributed by atoms with Crippen LogP contribution in [0.2, 0.25) is 5.02 Å². The molecule has 0 amide bonds. The van der Waals surface area contributed by atoms with Crippen LogP contribution in [0.5, 0.6) is 5.75 Å². The Labute approximate surface area is 123 Å². The molecule has 2 aromatic carbocycles. The summed E-state index contributed by atoms with van der Waals surface area (Å²) >= 11 is 6.04. The van der Waals surface area contributed by atoms with Crippen molar-refractivity contribution in [2.24, 2.45) is 5.84 Å². The van der Waals surface area contributed by atoms with Gasteiger partial charge in [-0.3, -0.25) is 11.3 Å². The fourth-order valence-corrected chi connectivity index (χ4v) is 2.97. The number of nitrogens with one attached hydrogen (secondary N) is 1. The van der Waals surface area contributed by atoms with Gasteiger partial charge < -0.3 is 4.74 Å². The van der Waals surface area contributed by atoms with Gasteiger partial charge in [-0.05, 0) is 30.2 Å². The third-order valence-electron chi connectivity index (χ3n) is 3.78. The standard InChI is InChI=1S/C16H17ClN2O/c17-12-5-3-4-11(8-12)9-15(19-18)14-10-20-16-7-2-1-6-13(14)16/h1-8,14-15,19H,9-10,18H2. The lowest BCUT2D eigenvalue weighted by Crippen LogP contribution is -2.42. The second-order valence-electron chi connectivity index (χ2n) is 5.06. The second kappa shape index (κ2) is 5.83. The van der Waals surface area contributed by atoms with E-state index in [4.69, 9.17) is 22.2 Å². The summed E-state index contributed by atoms with van der Waals surface area (Å²) in [5.74, 6) is 6.98. The van der Waals surface area contributed by atoms with Crippen molar-refractivity contribution < 1.29 is 4.74 Å². The quantitative estimate of drug-likeness (QED) is 0.672. The highest BCUT2D eigenvalue weighted by atomic mass is 35.5.